The van der Waals surface area contributed by atoms with Gasteiger partial charge in [-0.15, -0.1) is 0 Å². The molecule has 11 heteroatoms. The number of nitrogens with one attached hydrogen (secondary N) is 2. The topological polar surface area (TPSA) is 83.1 Å². The molecule has 1 aliphatic heterocycles. The summed E-state index contributed by atoms with van der Waals surface area (Å²) in [6, 6.07) is 18.9. The van der Waals surface area contributed by atoms with Crippen LogP contribution in [0.4, 0.5) is 16.2 Å². The number of likely N-dealkylation sites (N-methyl/N-ethyl adjacent to an activating group) is 1. The van der Waals surface area contributed by atoms with Gasteiger partial charge in [0, 0.05) is 30.7 Å². The summed E-state index contributed by atoms with van der Waals surface area (Å²) >= 11 is 13.5. The first-order valence-corrected chi connectivity index (χ1v) is 13.4. The van der Waals surface area contributed by atoms with E-state index >= 15 is 0 Å². The number of ether oxygens (including phenoxy) is 1. The molecule has 0 aliphatic carbocycles. The van der Waals surface area contributed by atoms with E-state index in [1.165, 1.54) is 4.90 Å². The summed E-state index contributed by atoms with van der Waals surface area (Å²) in [5.74, 6) is 0.431. The number of halogens is 2. The molecule has 8 nitrogen and oxygen atoms in total. The standard InChI is InChI=1S/C27H28Cl2N4O4S/c1-32(21-8-10-22(36-2)11-9-21)26(34)24(14-18-6-4-3-5-7-18)31-27(35)30-17-37-38-33-13-12-19-15-20(28)16-23(29)25(19)33/h3-11,15-16,24H,12-14,17H2,1-2H3,(H2,30,31,35). The lowest BCUT2D eigenvalue weighted by Gasteiger charge is -2.25. The van der Waals surface area contributed by atoms with E-state index in [1.54, 1.807) is 44.5 Å². The van der Waals surface area contributed by atoms with Crippen molar-refractivity contribution in [2.45, 2.75) is 18.9 Å². The molecule has 200 valence electrons. The fourth-order valence-corrected chi connectivity index (χ4v) is 5.49. The van der Waals surface area contributed by atoms with E-state index in [0.717, 1.165) is 35.5 Å². The molecule has 0 aromatic heterocycles. The van der Waals surface area contributed by atoms with Gasteiger partial charge < -0.3 is 20.3 Å². The fraction of sp³-hybridized carbons (Fsp3) is 0.259. The largest absolute Gasteiger partial charge is 0.497 e. The third kappa shape index (κ3) is 7.05. The number of nitrogens with zero attached hydrogens (tertiary/aromatic N) is 2. The molecule has 1 atom stereocenters. The second-order valence-electron chi connectivity index (χ2n) is 8.57. The maximum atomic E-state index is 13.4. The summed E-state index contributed by atoms with van der Waals surface area (Å²) in [5.41, 5.74) is 3.51. The smallest absolute Gasteiger partial charge is 0.317 e. The summed E-state index contributed by atoms with van der Waals surface area (Å²) in [5, 5.41) is 6.60. The van der Waals surface area contributed by atoms with E-state index in [4.69, 9.17) is 32.1 Å². The zero-order chi connectivity index (χ0) is 27.1. The molecule has 0 radical (unpaired) electrons. The van der Waals surface area contributed by atoms with Gasteiger partial charge in [0.25, 0.3) is 0 Å². The highest BCUT2D eigenvalue weighted by Gasteiger charge is 2.26. The Morgan fingerprint density at radius 1 is 1.11 bits per heavy atom. The van der Waals surface area contributed by atoms with Gasteiger partial charge in [0.15, 0.2) is 0 Å². The first kappa shape index (κ1) is 27.9. The Bertz CT molecular complexity index is 1260. The average molecular weight is 576 g/mol. The highest BCUT2D eigenvalue weighted by molar-refractivity contribution is 7.96. The van der Waals surface area contributed by atoms with Gasteiger partial charge in [-0.05, 0) is 53.9 Å². The molecule has 3 aromatic rings. The summed E-state index contributed by atoms with van der Waals surface area (Å²) < 4.78 is 12.7. The molecular formula is C27H28Cl2N4O4S. The summed E-state index contributed by atoms with van der Waals surface area (Å²) in [6.45, 7) is 0.631. The lowest BCUT2D eigenvalue weighted by molar-refractivity contribution is -0.120. The van der Waals surface area contributed by atoms with Crippen LogP contribution in [0, 0.1) is 0 Å². The number of carbonyl (C=O) groups is 2. The summed E-state index contributed by atoms with van der Waals surface area (Å²) in [4.78, 5) is 27.6. The van der Waals surface area contributed by atoms with Crippen LogP contribution >= 0.6 is 35.4 Å². The molecule has 38 heavy (non-hydrogen) atoms. The Balaban J connectivity index is 1.34. The van der Waals surface area contributed by atoms with Gasteiger partial charge in [-0.25, -0.2) is 4.79 Å². The van der Waals surface area contributed by atoms with Gasteiger partial charge in [0.1, 0.15) is 30.8 Å². The minimum Gasteiger partial charge on any atom is -0.497 e. The molecule has 1 unspecified atom stereocenters. The minimum absolute atomic E-state index is 0.0753. The Kier molecular flexibility index (Phi) is 9.63. The van der Waals surface area contributed by atoms with Crippen molar-refractivity contribution >= 4 is 58.7 Å². The van der Waals surface area contributed by atoms with E-state index in [0.29, 0.717) is 34.4 Å². The molecule has 0 bridgehead atoms. The summed E-state index contributed by atoms with van der Waals surface area (Å²) in [7, 11) is 3.26. The quantitative estimate of drug-likeness (QED) is 0.144. The van der Waals surface area contributed by atoms with Crippen LogP contribution < -0.4 is 24.6 Å². The van der Waals surface area contributed by atoms with Gasteiger partial charge in [0.05, 0.1) is 17.8 Å². The second kappa shape index (κ2) is 13.1. The van der Waals surface area contributed by atoms with Crippen molar-refractivity contribution < 1.29 is 18.5 Å². The van der Waals surface area contributed by atoms with Gasteiger partial charge in [0.2, 0.25) is 5.91 Å². The highest BCUT2D eigenvalue weighted by atomic mass is 35.5. The Morgan fingerprint density at radius 2 is 1.84 bits per heavy atom. The first-order chi connectivity index (χ1) is 18.4. The van der Waals surface area contributed by atoms with Gasteiger partial charge in [-0.3, -0.25) is 13.3 Å². The molecule has 0 saturated carbocycles. The molecule has 0 saturated heterocycles. The highest BCUT2D eigenvalue weighted by Crippen LogP contribution is 2.41. The number of carbonyl (C=O) groups excluding carboxylic acids is 2. The second-order valence-corrected chi connectivity index (χ2v) is 10.2. The number of anilines is 2. The Morgan fingerprint density at radius 3 is 2.55 bits per heavy atom. The van der Waals surface area contributed by atoms with Crippen molar-refractivity contribution in [2.24, 2.45) is 0 Å². The van der Waals surface area contributed by atoms with E-state index in [-0.39, 0.29) is 12.6 Å². The monoisotopic (exact) mass is 574 g/mol. The number of hydrogen-bond acceptors (Lipinski definition) is 6. The molecule has 3 amide bonds. The van der Waals surface area contributed by atoms with Crippen LogP contribution in [-0.2, 0) is 21.8 Å². The van der Waals surface area contributed by atoms with Crippen molar-refractivity contribution in [1.29, 1.82) is 0 Å². The van der Waals surface area contributed by atoms with E-state index in [9.17, 15) is 9.59 Å². The number of urea groups is 1. The normalized spacial score (nSPS) is 13.0. The number of hydrogen-bond donors (Lipinski definition) is 2. The van der Waals surface area contributed by atoms with Crippen molar-refractivity contribution in [3.05, 3.63) is 87.9 Å². The molecule has 0 fully saturated rings. The van der Waals surface area contributed by atoms with Crippen molar-refractivity contribution in [1.82, 2.24) is 10.6 Å². The zero-order valence-corrected chi connectivity index (χ0v) is 23.3. The average Bonchev–Trinajstić information content (AvgIpc) is 3.33. The van der Waals surface area contributed by atoms with Gasteiger partial charge in [-0.2, -0.15) is 0 Å². The molecule has 4 rings (SSSR count). The van der Waals surface area contributed by atoms with Crippen LogP contribution in [0.5, 0.6) is 5.75 Å². The molecule has 2 N–H and O–H groups in total. The van der Waals surface area contributed by atoms with E-state index < -0.39 is 12.1 Å². The number of amides is 3. The van der Waals surface area contributed by atoms with Crippen molar-refractivity contribution in [2.75, 3.05) is 36.6 Å². The van der Waals surface area contributed by atoms with Crippen molar-refractivity contribution in [3.63, 3.8) is 0 Å². The molecule has 0 spiro atoms. The maximum absolute atomic E-state index is 13.4. The van der Waals surface area contributed by atoms with Crippen LogP contribution in [0.15, 0.2) is 66.7 Å². The minimum atomic E-state index is -0.800. The lowest BCUT2D eigenvalue weighted by Crippen LogP contribution is -2.51. The van der Waals surface area contributed by atoms with Crippen LogP contribution in [0.2, 0.25) is 10.0 Å². The van der Waals surface area contributed by atoms with Gasteiger partial charge >= 0.3 is 6.03 Å². The van der Waals surface area contributed by atoms with Crippen molar-refractivity contribution in [3.8, 4) is 5.75 Å². The predicted octanol–water partition coefficient (Wildman–Crippen LogP) is 5.48. The molecule has 1 aliphatic rings. The number of rotatable bonds is 10. The summed E-state index contributed by atoms with van der Waals surface area (Å²) in [6.07, 6.45) is 1.12. The Labute approximate surface area is 236 Å². The molecular weight excluding hydrogens is 547 g/mol. The Hall–Kier alpha value is -3.11. The van der Waals surface area contributed by atoms with Crippen LogP contribution in [0.3, 0.4) is 0 Å². The van der Waals surface area contributed by atoms with Crippen LogP contribution in [-0.4, -0.2) is 45.4 Å². The maximum Gasteiger partial charge on any atom is 0.317 e. The van der Waals surface area contributed by atoms with E-state index in [1.807, 2.05) is 40.7 Å². The van der Waals surface area contributed by atoms with Gasteiger partial charge in [-0.1, -0.05) is 53.5 Å². The molecule has 3 aromatic carbocycles. The lowest BCUT2D eigenvalue weighted by atomic mass is 10.0. The number of fused-ring (bicyclic) bond motifs is 1. The number of benzene rings is 3. The zero-order valence-electron chi connectivity index (χ0n) is 20.9. The van der Waals surface area contributed by atoms with Crippen LogP contribution in [0.1, 0.15) is 11.1 Å². The SMILES string of the molecule is COc1ccc(N(C)C(=O)C(Cc2ccccc2)NC(=O)NCOSN2CCc3cc(Cl)cc(Cl)c32)cc1. The fourth-order valence-electron chi connectivity index (χ4n) is 4.11. The van der Waals surface area contributed by atoms with E-state index in [2.05, 4.69) is 10.6 Å². The number of methoxy groups -OCH3 is 1. The van der Waals surface area contributed by atoms with Crippen LogP contribution in [0.25, 0.3) is 0 Å². The third-order valence-electron chi connectivity index (χ3n) is 6.05. The molecule has 1 heterocycles. The third-order valence-corrected chi connectivity index (χ3v) is 7.33. The predicted molar refractivity (Wildman–Crippen MR) is 153 cm³/mol. The first-order valence-electron chi connectivity index (χ1n) is 11.9.